The number of guanidine groups is 1. The monoisotopic (exact) mass is 297 g/mol. The van der Waals surface area contributed by atoms with Crippen LogP contribution in [0, 0.1) is 6.92 Å². The molecule has 0 spiro atoms. The number of aryl methyl sites for hydroxylation is 1. The van der Waals surface area contributed by atoms with Crippen molar-refractivity contribution in [2.45, 2.75) is 39.8 Å². The molecule has 0 aliphatic rings. The first-order valence-corrected chi connectivity index (χ1v) is 7.77. The van der Waals surface area contributed by atoms with Crippen LogP contribution in [0.15, 0.2) is 10.4 Å². The lowest BCUT2D eigenvalue weighted by atomic mass is 10.1. The summed E-state index contributed by atoms with van der Waals surface area (Å²) in [5.74, 6) is 0.895. The highest BCUT2D eigenvalue weighted by atomic mass is 32.1. The first kappa shape index (κ1) is 16.9. The second-order valence-corrected chi connectivity index (χ2v) is 6.93. The fourth-order valence-electron chi connectivity index (χ4n) is 1.80. The van der Waals surface area contributed by atoms with Crippen LogP contribution in [0.3, 0.4) is 0 Å². The van der Waals surface area contributed by atoms with Crippen molar-refractivity contribution in [2.75, 3.05) is 27.2 Å². The molecule has 0 aromatic carbocycles. The van der Waals surface area contributed by atoms with Crippen molar-refractivity contribution in [3.05, 3.63) is 16.1 Å². The fourth-order valence-corrected chi connectivity index (χ4v) is 2.40. The van der Waals surface area contributed by atoms with E-state index in [0.717, 1.165) is 36.3 Å². The predicted octanol–water partition coefficient (Wildman–Crippen LogP) is 1.85. The summed E-state index contributed by atoms with van der Waals surface area (Å²) in [7, 11) is 3.84. The summed E-state index contributed by atoms with van der Waals surface area (Å²) in [6.45, 7) is 11.1. The van der Waals surface area contributed by atoms with Gasteiger partial charge in [0.05, 0.1) is 17.2 Å². The fraction of sp³-hybridized carbons (Fsp3) is 0.714. The summed E-state index contributed by atoms with van der Waals surface area (Å²) in [5.41, 5.74) is 1.24. The van der Waals surface area contributed by atoms with Crippen molar-refractivity contribution in [2.24, 2.45) is 4.99 Å². The third kappa shape index (κ3) is 6.34. The van der Waals surface area contributed by atoms with Gasteiger partial charge in [-0.15, -0.1) is 11.3 Å². The van der Waals surface area contributed by atoms with Gasteiger partial charge in [0.25, 0.3) is 0 Å². The quantitative estimate of drug-likeness (QED) is 0.495. The molecular formula is C14H27N5S. The van der Waals surface area contributed by atoms with Crippen LogP contribution in [-0.4, -0.2) is 48.6 Å². The maximum Gasteiger partial charge on any atom is 0.193 e. The molecule has 5 nitrogen and oxygen atoms in total. The summed E-state index contributed by atoms with van der Waals surface area (Å²) >= 11 is 1.68. The molecule has 1 heterocycles. The van der Waals surface area contributed by atoms with Gasteiger partial charge in [0.2, 0.25) is 0 Å². The molecule has 114 valence electrons. The molecule has 0 atom stereocenters. The van der Waals surface area contributed by atoms with Gasteiger partial charge in [-0.1, -0.05) is 0 Å². The molecule has 0 amide bonds. The Bertz CT molecular complexity index is 433. The van der Waals surface area contributed by atoms with Crippen molar-refractivity contribution in [1.82, 2.24) is 20.5 Å². The van der Waals surface area contributed by atoms with Crippen LogP contribution < -0.4 is 10.6 Å². The minimum Gasteiger partial charge on any atom is -0.355 e. The Morgan fingerprint density at radius 2 is 2.10 bits per heavy atom. The first-order chi connectivity index (χ1) is 9.31. The van der Waals surface area contributed by atoms with Crippen LogP contribution in [0.2, 0.25) is 0 Å². The summed E-state index contributed by atoms with van der Waals surface area (Å²) in [6.07, 6.45) is 0. The van der Waals surface area contributed by atoms with E-state index in [1.807, 2.05) is 21.0 Å². The second-order valence-electron chi connectivity index (χ2n) is 5.86. The molecule has 6 heteroatoms. The lowest BCUT2D eigenvalue weighted by Crippen LogP contribution is -2.44. The number of aromatic nitrogens is 1. The van der Waals surface area contributed by atoms with Gasteiger partial charge in [-0.25, -0.2) is 4.98 Å². The molecule has 0 aliphatic heterocycles. The Balaban J connectivity index is 2.38. The van der Waals surface area contributed by atoms with Crippen molar-refractivity contribution >= 4 is 17.3 Å². The van der Waals surface area contributed by atoms with Crippen LogP contribution in [0.5, 0.6) is 0 Å². The average molecular weight is 297 g/mol. The zero-order valence-corrected chi connectivity index (χ0v) is 14.3. The van der Waals surface area contributed by atoms with Crippen LogP contribution in [0.4, 0.5) is 0 Å². The van der Waals surface area contributed by atoms with Gasteiger partial charge in [0.15, 0.2) is 5.96 Å². The summed E-state index contributed by atoms with van der Waals surface area (Å²) in [5, 5.41) is 10.0. The molecule has 1 aromatic rings. The van der Waals surface area contributed by atoms with Crippen LogP contribution in [0.1, 0.15) is 31.5 Å². The molecule has 0 radical (unpaired) electrons. The van der Waals surface area contributed by atoms with E-state index in [0.29, 0.717) is 0 Å². The van der Waals surface area contributed by atoms with Crippen molar-refractivity contribution < 1.29 is 0 Å². The highest BCUT2D eigenvalue weighted by molar-refractivity contribution is 7.09. The molecule has 0 bridgehead atoms. The number of rotatable bonds is 5. The zero-order valence-electron chi connectivity index (χ0n) is 13.4. The molecule has 1 rings (SSSR count). The Hall–Kier alpha value is -1.14. The average Bonchev–Trinajstić information content (AvgIpc) is 2.73. The maximum absolute atomic E-state index is 4.48. The summed E-state index contributed by atoms with van der Waals surface area (Å²) < 4.78 is 0. The Labute approximate surface area is 126 Å². The largest absolute Gasteiger partial charge is 0.355 e. The minimum atomic E-state index is 0.148. The maximum atomic E-state index is 4.48. The van der Waals surface area contributed by atoms with E-state index in [1.165, 1.54) is 0 Å². The molecule has 0 fully saturated rings. The van der Waals surface area contributed by atoms with Gasteiger partial charge in [0, 0.05) is 38.1 Å². The third-order valence-electron chi connectivity index (χ3n) is 2.70. The van der Waals surface area contributed by atoms with Gasteiger partial charge >= 0.3 is 0 Å². The van der Waals surface area contributed by atoms with Gasteiger partial charge in [-0.3, -0.25) is 4.99 Å². The van der Waals surface area contributed by atoms with E-state index in [2.05, 4.69) is 51.7 Å². The van der Waals surface area contributed by atoms with Crippen LogP contribution >= 0.6 is 11.3 Å². The topological polar surface area (TPSA) is 52.6 Å². The minimum absolute atomic E-state index is 0.148. The van der Waals surface area contributed by atoms with Gasteiger partial charge in [-0.2, -0.15) is 0 Å². The third-order valence-corrected chi connectivity index (χ3v) is 3.52. The molecular weight excluding hydrogens is 270 g/mol. The van der Waals surface area contributed by atoms with E-state index >= 15 is 0 Å². The van der Waals surface area contributed by atoms with Gasteiger partial charge in [-0.05, 0) is 27.7 Å². The molecule has 0 unspecified atom stereocenters. The van der Waals surface area contributed by atoms with Gasteiger partial charge < -0.3 is 15.5 Å². The molecule has 2 N–H and O–H groups in total. The van der Waals surface area contributed by atoms with Gasteiger partial charge in [0.1, 0.15) is 0 Å². The van der Waals surface area contributed by atoms with E-state index < -0.39 is 0 Å². The Kier molecular flexibility index (Phi) is 6.42. The summed E-state index contributed by atoms with van der Waals surface area (Å²) in [6, 6.07) is 0. The van der Waals surface area contributed by atoms with Crippen molar-refractivity contribution in [3.63, 3.8) is 0 Å². The number of hydrogen-bond donors (Lipinski definition) is 2. The number of nitrogens with one attached hydrogen (secondary N) is 2. The second kappa shape index (κ2) is 7.59. The van der Waals surface area contributed by atoms with Crippen molar-refractivity contribution in [1.29, 1.82) is 0 Å². The number of thiazole rings is 1. The molecule has 1 aromatic heterocycles. The van der Waals surface area contributed by atoms with E-state index in [1.54, 1.807) is 11.3 Å². The SMILES string of the molecule is CN=C(NCCNC(C)(C)C)N(C)Cc1csc(C)n1. The number of nitrogens with zero attached hydrogens (tertiary/aromatic N) is 3. The lowest BCUT2D eigenvalue weighted by molar-refractivity contribution is 0.421. The normalized spacial score (nSPS) is 12.6. The highest BCUT2D eigenvalue weighted by Crippen LogP contribution is 2.09. The number of hydrogen-bond acceptors (Lipinski definition) is 4. The molecule has 20 heavy (non-hydrogen) atoms. The lowest BCUT2D eigenvalue weighted by Gasteiger charge is -2.23. The standard InChI is InChI=1S/C14H27N5S/c1-11-18-12(10-20-11)9-19(6)13(15-5)16-7-8-17-14(2,3)4/h10,17H,7-9H2,1-6H3,(H,15,16). The van der Waals surface area contributed by atoms with Crippen molar-refractivity contribution in [3.8, 4) is 0 Å². The Morgan fingerprint density at radius 3 is 2.60 bits per heavy atom. The molecule has 0 saturated heterocycles. The first-order valence-electron chi connectivity index (χ1n) is 6.89. The van der Waals surface area contributed by atoms with Crippen LogP contribution in [-0.2, 0) is 6.54 Å². The van der Waals surface area contributed by atoms with E-state index in [4.69, 9.17) is 0 Å². The van der Waals surface area contributed by atoms with E-state index in [-0.39, 0.29) is 5.54 Å². The smallest absolute Gasteiger partial charge is 0.193 e. The molecule has 0 aliphatic carbocycles. The molecule has 0 saturated carbocycles. The zero-order chi connectivity index (χ0) is 15.2. The predicted molar refractivity (Wildman–Crippen MR) is 87.4 cm³/mol. The van der Waals surface area contributed by atoms with E-state index in [9.17, 15) is 0 Å². The highest BCUT2D eigenvalue weighted by Gasteiger charge is 2.10. The Morgan fingerprint density at radius 1 is 1.40 bits per heavy atom. The summed E-state index contributed by atoms with van der Waals surface area (Å²) in [4.78, 5) is 10.9. The van der Waals surface area contributed by atoms with Crippen LogP contribution in [0.25, 0.3) is 0 Å². The number of aliphatic imine (C=N–C) groups is 1.